The van der Waals surface area contributed by atoms with Crippen LogP contribution < -0.4 is 10.1 Å². The van der Waals surface area contributed by atoms with Crippen LogP contribution >= 0.6 is 15.9 Å². The summed E-state index contributed by atoms with van der Waals surface area (Å²) < 4.78 is 5.97. The third kappa shape index (κ3) is 4.06. The molecule has 0 saturated carbocycles. The number of rotatable bonds is 6. The Morgan fingerprint density at radius 1 is 1.06 bits per heavy atom. The lowest BCUT2D eigenvalue weighted by molar-refractivity contribution is -0.120. The maximum Gasteiger partial charge on any atom is 0.262 e. The van der Waals surface area contributed by atoms with Crippen molar-refractivity contribution in [2.45, 2.75) is 12.5 Å². The van der Waals surface area contributed by atoms with Gasteiger partial charge in [-0.1, -0.05) is 42.5 Å². The van der Waals surface area contributed by atoms with E-state index in [1.54, 1.807) is 30.3 Å². The van der Waals surface area contributed by atoms with Crippen LogP contribution in [0, 0.1) is 0 Å². The van der Waals surface area contributed by atoms with Crippen molar-refractivity contribution in [2.24, 2.45) is 0 Å². The van der Waals surface area contributed by atoms with Crippen molar-refractivity contribution in [1.82, 2.24) is 9.88 Å². The Hall–Kier alpha value is -3.52. The molecule has 31 heavy (non-hydrogen) atoms. The van der Waals surface area contributed by atoms with Crippen molar-refractivity contribution in [1.29, 1.82) is 0 Å². The first kappa shape index (κ1) is 20.7. The van der Waals surface area contributed by atoms with Crippen LogP contribution in [0.4, 0.5) is 5.82 Å². The summed E-state index contributed by atoms with van der Waals surface area (Å²) in [5, 5.41) is 2.71. The molecule has 0 bridgehead atoms. The molecule has 3 amide bonds. The molecule has 156 valence electrons. The fourth-order valence-corrected chi connectivity index (χ4v) is 3.81. The van der Waals surface area contributed by atoms with Gasteiger partial charge in [0.2, 0.25) is 5.91 Å². The first-order chi connectivity index (χ1) is 15.0. The third-order valence-electron chi connectivity index (χ3n) is 4.99. The number of carbonyl (C=O) groups excluding carboxylic acids is 3. The van der Waals surface area contributed by atoms with Crippen molar-refractivity contribution in [3.05, 3.63) is 88.0 Å². The van der Waals surface area contributed by atoms with Crippen LogP contribution in [-0.4, -0.2) is 40.8 Å². The van der Waals surface area contributed by atoms with E-state index in [-0.39, 0.29) is 23.4 Å². The molecular formula is C23H18BrN3O4. The first-order valence-electron chi connectivity index (χ1n) is 9.51. The van der Waals surface area contributed by atoms with Crippen LogP contribution in [0.15, 0.2) is 71.3 Å². The molecule has 0 aliphatic carbocycles. The number of amides is 3. The maximum atomic E-state index is 13.3. The maximum absolute atomic E-state index is 13.3. The molecule has 2 aromatic carbocycles. The van der Waals surface area contributed by atoms with Gasteiger partial charge >= 0.3 is 0 Å². The van der Waals surface area contributed by atoms with Gasteiger partial charge in [0.15, 0.2) is 11.6 Å². The zero-order chi connectivity index (χ0) is 22.0. The summed E-state index contributed by atoms with van der Waals surface area (Å²) in [6.45, 7) is 0. The average Bonchev–Trinajstić information content (AvgIpc) is 3.04. The second kappa shape index (κ2) is 8.69. The van der Waals surface area contributed by atoms with Gasteiger partial charge in [0.05, 0.1) is 18.2 Å². The first-order valence-corrected chi connectivity index (χ1v) is 10.3. The van der Waals surface area contributed by atoms with E-state index in [9.17, 15) is 14.4 Å². The Labute approximate surface area is 187 Å². The standard InChI is InChI=1S/C23H18BrN3O4/c1-31-19-12-15(24)13-25-20(19)26-21(28)18(11-14-7-3-2-4-8-14)27-22(29)16-9-5-6-10-17(16)23(27)30/h2-10,12-13,18H,11H2,1H3,(H,25,26,28)/t18-/m0/s1. The van der Waals surface area contributed by atoms with Crippen molar-refractivity contribution < 1.29 is 19.1 Å². The number of fused-ring (bicyclic) bond motifs is 1. The Morgan fingerprint density at radius 2 is 1.68 bits per heavy atom. The third-order valence-corrected chi connectivity index (χ3v) is 5.43. The Bertz CT molecular complexity index is 1130. The summed E-state index contributed by atoms with van der Waals surface area (Å²) in [5.74, 6) is -0.972. The Morgan fingerprint density at radius 3 is 2.29 bits per heavy atom. The number of hydrogen-bond acceptors (Lipinski definition) is 5. The number of ether oxygens (including phenoxy) is 1. The predicted octanol–water partition coefficient (Wildman–Crippen LogP) is 3.70. The van der Waals surface area contributed by atoms with E-state index < -0.39 is 23.8 Å². The second-order valence-electron chi connectivity index (χ2n) is 6.93. The molecule has 4 rings (SSSR count). The van der Waals surface area contributed by atoms with Crippen LogP contribution in [0.5, 0.6) is 5.75 Å². The minimum absolute atomic E-state index is 0.164. The molecule has 0 unspecified atom stereocenters. The number of pyridine rings is 1. The van der Waals surface area contributed by atoms with Crippen LogP contribution in [0.25, 0.3) is 0 Å². The molecule has 0 radical (unpaired) electrons. The number of carbonyl (C=O) groups is 3. The molecule has 3 aromatic rings. The van der Waals surface area contributed by atoms with Crippen LogP contribution in [0.2, 0.25) is 0 Å². The summed E-state index contributed by atoms with van der Waals surface area (Å²) in [6.07, 6.45) is 1.68. The van der Waals surface area contributed by atoms with E-state index in [0.717, 1.165) is 10.5 Å². The van der Waals surface area contributed by atoms with Crippen molar-refractivity contribution in [3.63, 3.8) is 0 Å². The summed E-state index contributed by atoms with van der Waals surface area (Å²) in [7, 11) is 1.46. The molecule has 1 aromatic heterocycles. The van der Waals surface area contributed by atoms with Crippen molar-refractivity contribution >= 4 is 39.5 Å². The molecule has 0 spiro atoms. The van der Waals surface area contributed by atoms with E-state index in [0.29, 0.717) is 10.2 Å². The van der Waals surface area contributed by atoms with Gasteiger partial charge in [0.25, 0.3) is 11.8 Å². The molecule has 7 nitrogen and oxygen atoms in total. The highest BCUT2D eigenvalue weighted by Gasteiger charge is 2.42. The van der Waals surface area contributed by atoms with Gasteiger partial charge in [-0.3, -0.25) is 19.3 Å². The number of nitrogens with zero attached hydrogens (tertiary/aromatic N) is 2. The number of hydrogen-bond donors (Lipinski definition) is 1. The molecule has 8 heteroatoms. The number of aromatic nitrogens is 1. The molecule has 1 atom stereocenters. The zero-order valence-electron chi connectivity index (χ0n) is 16.5. The molecule has 1 aliphatic heterocycles. The fraction of sp³-hybridized carbons (Fsp3) is 0.130. The van der Waals surface area contributed by atoms with Crippen LogP contribution in [0.1, 0.15) is 26.3 Å². The normalized spacial score (nSPS) is 13.7. The SMILES string of the molecule is COc1cc(Br)cnc1NC(=O)[C@H](Cc1ccccc1)N1C(=O)c2ccccc2C1=O. The summed E-state index contributed by atoms with van der Waals surface area (Å²) >= 11 is 3.31. The van der Waals surface area contributed by atoms with E-state index >= 15 is 0 Å². The van der Waals surface area contributed by atoms with E-state index in [4.69, 9.17) is 4.74 Å². The van der Waals surface area contributed by atoms with E-state index in [1.165, 1.54) is 13.3 Å². The number of nitrogens with one attached hydrogen (secondary N) is 1. The van der Waals surface area contributed by atoms with Crippen molar-refractivity contribution in [3.8, 4) is 5.75 Å². The van der Waals surface area contributed by atoms with Gasteiger partial charge in [-0.05, 0) is 39.7 Å². The second-order valence-corrected chi connectivity index (χ2v) is 7.84. The van der Waals surface area contributed by atoms with Gasteiger partial charge < -0.3 is 10.1 Å². The quantitative estimate of drug-likeness (QED) is 0.544. The molecule has 0 saturated heterocycles. The van der Waals surface area contributed by atoms with Gasteiger partial charge in [-0.15, -0.1) is 0 Å². The lowest BCUT2D eigenvalue weighted by Gasteiger charge is -2.25. The highest BCUT2D eigenvalue weighted by Crippen LogP contribution is 2.29. The van der Waals surface area contributed by atoms with Gasteiger partial charge in [0.1, 0.15) is 6.04 Å². The average molecular weight is 480 g/mol. The Balaban J connectivity index is 1.69. The van der Waals surface area contributed by atoms with Gasteiger partial charge in [-0.2, -0.15) is 0 Å². The van der Waals surface area contributed by atoms with Crippen LogP contribution in [0.3, 0.4) is 0 Å². The lowest BCUT2D eigenvalue weighted by Crippen LogP contribution is -2.48. The molecule has 2 heterocycles. The molecular weight excluding hydrogens is 462 g/mol. The number of anilines is 1. The molecule has 0 fully saturated rings. The summed E-state index contributed by atoms with van der Waals surface area (Å²) in [6, 6.07) is 16.4. The number of methoxy groups -OCH3 is 1. The lowest BCUT2D eigenvalue weighted by atomic mass is 10.0. The van der Waals surface area contributed by atoms with Gasteiger partial charge in [-0.25, -0.2) is 4.98 Å². The fourth-order valence-electron chi connectivity index (χ4n) is 3.50. The summed E-state index contributed by atoms with van der Waals surface area (Å²) in [4.78, 5) is 44.6. The van der Waals surface area contributed by atoms with E-state index in [1.807, 2.05) is 30.3 Å². The minimum atomic E-state index is -1.06. The monoisotopic (exact) mass is 479 g/mol. The smallest absolute Gasteiger partial charge is 0.262 e. The molecule has 1 N–H and O–H groups in total. The van der Waals surface area contributed by atoms with Gasteiger partial charge in [0, 0.05) is 17.1 Å². The number of halogens is 1. The topological polar surface area (TPSA) is 88.6 Å². The number of benzene rings is 2. The Kier molecular flexibility index (Phi) is 5.81. The van der Waals surface area contributed by atoms with Crippen LogP contribution in [-0.2, 0) is 11.2 Å². The summed E-state index contributed by atoms with van der Waals surface area (Å²) in [5.41, 5.74) is 1.39. The highest BCUT2D eigenvalue weighted by atomic mass is 79.9. The molecule has 1 aliphatic rings. The number of imide groups is 1. The highest BCUT2D eigenvalue weighted by molar-refractivity contribution is 9.10. The van der Waals surface area contributed by atoms with E-state index in [2.05, 4.69) is 26.2 Å². The largest absolute Gasteiger partial charge is 0.493 e. The minimum Gasteiger partial charge on any atom is -0.493 e. The zero-order valence-corrected chi connectivity index (χ0v) is 18.1. The predicted molar refractivity (Wildman–Crippen MR) is 118 cm³/mol. The van der Waals surface area contributed by atoms with Crippen molar-refractivity contribution in [2.75, 3.05) is 12.4 Å².